The molecule has 6 nitrogen and oxygen atoms in total. The molecule has 0 spiro atoms. The van der Waals surface area contributed by atoms with Crippen molar-refractivity contribution in [3.8, 4) is 0 Å². The fourth-order valence-electron chi connectivity index (χ4n) is 2.17. The van der Waals surface area contributed by atoms with E-state index in [2.05, 4.69) is 15.5 Å². The highest BCUT2D eigenvalue weighted by atomic mass is 16.4. The van der Waals surface area contributed by atoms with E-state index >= 15 is 0 Å². The molecule has 0 bridgehead atoms. The SMILES string of the molecule is CC(C)[C@H](NC(=O)NC1CCCN(C)C1)C(=O)O. The number of aliphatic carboxylic acids is 1. The topological polar surface area (TPSA) is 81.7 Å². The zero-order valence-corrected chi connectivity index (χ0v) is 11.3. The number of amides is 2. The molecule has 1 rings (SSSR count). The highest BCUT2D eigenvalue weighted by Gasteiger charge is 2.25. The molecule has 1 heterocycles. The summed E-state index contributed by atoms with van der Waals surface area (Å²) in [5, 5.41) is 14.3. The molecule has 0 radical (unpaired) electrons. The van der Waals surface area contributed by atoms with Gasteiger partial charge in [-0.05, 0) is 32.4 Å². The molecule has 3 N–H and O–H groups in total. The van der Waals surface area contributed by atoms with Crippen molar-refractivity contribution in [1.82, 2.24) is 15.5 Å². The van der Waals surface area contributed by atoms with Crippen molar-refractivity contribution in [3.05, 3.63) is 0 Å². The van der Waals surface area contributed by atoms with Crippen molar-refractivity contribution >= 4 is 12.0 Å². The predicted octanol–water partition coefficient (Wildman–Crippen LogP) is 0.489. The van der Waals surface area contributed by atoms with Crippen molar-refractivity contribution in [2.45, 2.75) is 38.8 Å². The van der Waals surface area contributed by atoms with Crippen molar-refractivity contribution < 1.29 is 14.7 Å². The number of carbonyl (C=O) groups excluding carboxylic acids is 1. The van der Waals surface area contributed by atoms with Crippen molar-refractivity contribution in [2.24, 2.45) is 5.92 Å². The Morgan fingerprint density at radius 2 is 2.06 bits per heavy atom. The lowest BCUT2D eigenvalue weighted by atomic mass is 10.0. The van der Waals surface area contributed by atoms with Crippen LogP contribution in [0.15, 0.2) is 0 Å². The summed E-state index contributed by atoms with van der Waals surface area (Å²) in [5.74, 6) is -1.14. The molecule has 2 amide bonds. The van der Waals surface area contributed by atoms with Gasteiger partial charge in [-0.3, -0.25) is 0 Å². The molecule has 0 aromatic carbocycles. The number of likely N-dealkylation sites (tertiary alicyclic amines) is 1. The van der Waals surface area contributed by atoms with Gasteiger partial charge < -0.3 is 20.6 Å². The number of urea groups is 1. The smallest absolute Gasteiger partial charge is 0.326 e. The number of hydrogen-bond donors (Lipinski definition) is 3. The van der Waals surface area contributed by atoms with Crippen LogP contribution in [0.5, 0.6) is 0 Å². The van der Waals surface area contributed by atoms with E-state index in [9.17, 15) is 9.59 Å². The second-order valence-corrected chi connectivity index (χ2v) is 5.28. The maximum Gasteiger partial charge on any atom is 0.326 e. The Morgan fingerprint density at radius 1 is 1.39 bits per heavy atom. The molecule has 104 valence electrons. The summed E-state index contributed by atoms with van der Waals surface area (Å²) in [6.45, 7) is 5.40. The monoisotopic (exact) mass is 257 g/mol. The summed E-state index contributed by atoms with van der Waals surface area (Å²) in [6, 6.07) is -1.13. The van der Waals surface area contributed by atoms with E-state index in [0.29, 0.717) is 0 Å². The molecular formula is C12H23N3O3. The molecule has 1 unspecified atom stereocenters. The standard InChI is InChI=1S/C12H23N3O3/c1-8(2)10(11(16)17)14-12(18)13-9-5-4-6-15(3)7-9/h8-10H,4-7H2,1-3H3,(H,16,17)(H2,13,14,18)/t9?,10-/m0/s1. The van der Waals surface area contributed by atoms with Crippen LogP contribution in [0.4, 0.5) is 4.79 Å². The van der Waals surface area contributed by atoms with Crippen LogP contribution in [0.1, 0.15) is 26.7 Å². The van der Waals surface area contributed by atoms with Crippen LogP contribution in [0, 0.1) is 5.92 Å². The van der Waals surface area contributed by atoms with Gasteiger partial charge in [-0.2, -0.15) is 0 Å². The van der Waals surface area contributed by atoms with E-state index in [0.717, 1.165) is 25.9 Å². The number of nitrogens with one attached hydrogen (secondary N) is 2. The first kappa shape index (κ1) is 14.8. The van der Waals surface area contributed by atoms with Crippen LogP contribution in [0.2, 0.25) is 0 Å². The minimum absolute atomic E-state index is 0.102. The Bertz CT molecular complexity index is 307. The van der Waals surface area contributed by atoms with Gasteiger partial charge >= 0.3 is 12.0 Å². The average Bonchev–Trinajstić information content (AvgIpc) is 2.25. The number of carboxylic acid groups (broad SMARTS) is 1. The van der Waals surface area contributed by atoms with E-state index < -0.39 is 18.0 Å². The third-order valence-electron chi connectivity index (χ3n) is 3.18. The van der Waals surface area contributed by atoms with Gasteiger partial charge in [0.1, 0.15) is 6.04 Å². The lowest BCUT2D eigenvalue weighted by molar-refractivity contribution is -0.140. The number of carbonyl (C=O) groups is 2. The van der Waals surface area contributed by atoms with Gasteiger partial charge in [0.05, 0.1) is 0 Å². The normalized spacial score (nSPS) is 22.6. The maximum atomic E-state index is 11.7. The molecule has 6 heteroatoms. The van der Waals surface area contributed by atoms with Gasteiger partial charge in [-0.15, -0.1) is 0 Å². The molecule has 1 aliphatic rings. The zero-order valence-electron chi connectivity index (χ0n) is 11.3. The van der Waals surface area contributed by atoms with Gasteiger partial charge in [-0.1, -0.05) is 13.8 Å². The number of nitrogens with zero attached hydrogens (tertiary/aromatic N) is 1. The van der Waals surface area contributed by atoms with E-state index in [1.165, 1.54) is 0 Å². The minimum atomic E-state index is -0.999. The fourth-order valence-corrected chi connectivity index (χ4v) is 2.17. The van der Waals surface area contributed by atoms with Gasteiger partial charge in [0.25, 0.3) is 0 Å². The summed E-state index contributed by atoms with van der Waals surface area (Å²) >= 11 is 0. The molecule has 0 aliphatic carbocycles. The molecule has 1 aliphatic heterocycles. The fraction of sp³-hybridized carbons (Fsp3) is 0.833. The van der Waals surface area contributed by atoms with E-state index in [-0.39, 0.29) is 12.0 Å². The summed E-state index contributed by atoms with van der Waals surface area (Å²) in [7, 11) is 2.01. The van der Waals surface area contributed by atoms with E-state index in [1.54, 1.807) is 13.8 Å². The summed E-state index contributed by atoms with van der Waals surface area (Å²) in [6.07, 6.45) is 1.99. The largest absolute Gasteiger partial charge is 0.480 e. The molecule has 0 saturated carbocycles. The van der Waals surface area contributed by atoms with Crippen molar-refractivity contribution in [2.75, 3.05) is 20.1 Å². The Labute approximate surface area is 108 Å². The van der Waals surface area contributed by atoms with E-state index in [4.69, 9.17) is 5.11 Å². The number of carboxylic acids is 1. The third kappa shape index (κ3) is 4.52. The van der Waals surface area contributed by atoms with Crippen LogP contribution in [0.3, 0.4) is 0 Å². The van der Waals surface area contributed by atoms with Gasteiger partial charge in [0.15, 0.2) is 0 Å². The zero-order chi connectivity index (χ0) is 13.7. The van der Waals surface area contributed by atoms with Crippen LogP contribution in [-0.2, 0) is 4.79 Å². The highest BCUT2D eigenvalue weighted by Crippen LogP contribution is 2.08. The Kier molecular flexibility index (Phi) is 5.40. The van der Waals surface area contributed by atoms with E-state index in [1.807, 2.05) is 7.05 Å². The number of rotatable bonds is 4. The highest BCUT2D eigenvalue weighted by molar-refractivity contribution is 5.82. The first-order chi connectivity index (χ1) is 8.40. The second-order valence-electron chi connectivity index (χ2n) is 5.28. The third-order valence-corrected chi connectivity index (χ3v) is 3.18. The van der Waals surface area contributed by atoms with Crippen LogP contribution in [0.25, 0.3) is 0 Å². The van der Waals surface area contributed by atoms with Crippen molar-refractivity contribution in [3.63, 3.8) is 0 Å². The molecule has 0 aromatic heterocycles. The van der Waals surface area contributed by atoms with Gasteiger partial charge in [0.2, 0.25) is 0 Å². The Hall–Kier alpha value is -1.30. The second kappa shape index (κ2) is 6.58. The molecule has 1 saturated heterocycles. The van der Waals surface area contributed by atoms with Crippen LogP contribution < -0.4 is 10.6 Å². The van der Waals surface area contributed by atoms with Crippen LogP contribution >= 0.6 is 0 Å². The summed E-state index contributed by atoms with van der Waals surface area (Å²) in [4.78, 5) is 24.9. The Balaban J connectivity index is 2.42. The molecular weight excluding hydrogens is 234 g/mol. The van der Waals surface area contributed by atoms with Gasteiger partial charge in [0, 0.05) is 12.6 Å². The van der Waals surface area contributed by atoms with Crippen molar-refractivity contribution in [1.29, 1.82) is 0 Å². The molecule has 18 heavy (non-hydrogen) atoms. The quantitative estimate of drug-likeness (QED) is 0.684. The minimum Gasteiger partial charge on any atom is -0.480 e. The number of likely N-dealkylation sites (N-methyl/N-ethyl adjacent to an activating group) is 1. The van der Waals surface area contributed by atoms with Gasteiger partial charge in [-0.25, -0.2) is 9.59 Å². The Morgan fingerprint density at radius 3 is 2.56 bits per heavy atom. The molecule has 1 fully saturated rings. The molecule has 0 aromatic rings. The first-order valence-electron chi connectivity index (χ1n) is 6.38. The predicted molar refractivity (Wildman–Crippen MR) is 68.4 cm³/mol. The summed E-state index contributed by atoms with van der Waals surface area (Å²) in [5.41, 5.74) is 0. The summed E-state index contributed by atoms with van der Waals surface area (Å²) < 4.78 is 0. The number of piperidine rings is 1. The lowest BCUT2D eigenvalue weighted by Crippen LogP contribution is -2.54. The lowest BCUT2D eigenvalue weighted by Gasteiger charge is -2.30. The average molecular weight is 257 g/mol. The number of hydrogen-bond acceptors (Lipinski definition) is 3. The molecule has 2 atom stereocenters. The maximum absolute atomic E-state index is 11.7. The first-order valence-corrected chi connectivity index (χ1v) is 6.38. The van der Waals surface area contributed by atoms with Crippen LogP contribution in [-0.4, -0.2) is 54.2 Å².